The summed E-state index contributed by atoms with van der Waals surface area (Å²) in [5.74, 6) is -1.51. The molecule has 3 amide bonds. The third kappa shape index (κ3) is 3.67. The van der Waals surface area contributed by atoms with Crippen LogP contribution in [0.2, 0.25) is 0 Å². The number of hydrogen-bond acceptors (Lipinski definition) is 3. The second kappa shape index (κ2) is 6.90. The molecule has 0 spiro atoms. The van der Waals surface area contributed by atoms with E-state index in [9.17, 15) is 14.4 Å². The van der Waals surface area contributed by atoms with Crippen LogP contribution < -0.4 is 10.2 Å². The molecule has 0 aromatic heterocycles. The number of likely N-dealkylation sites (N-methyl/N-ethyl adjacent to an activating group) is 1. The van der Waals surface area contributed by atoms with Crippen molar-refractivity contribution >= 4 is 23.6 Å². The van der Waals surface area contributed by atoms with E-state index in [1.807, 2.05) is 25.1 Å². The van der Waals surface area contributed by atoms with Crippen LogP contribution in [0.15, 0.2) is 18.2 Å². The lowest BCUT2D eigenvalue weighted by atomic mass is 10.0. The first-order valence-electron chi connectivity index (χ1n) is 7.84. The van der Waals surface area contributed by atoms with E-state index >= 15 is 0 Å². The molecule has 7 nitrogen and oxygen atoms in total. The Kier molecular flexibility index (Phi) is 5.11. The number of carboxylic acid groups (broad SMARTS) is 1. The van der Waals surface area contributed by atoms with Crippen LogP contribution in [0.3, 0.4) is 0 Å². The van der Waals surface area contributed by atoms with Crippen LogP contribution >= 0.6 is 0 Å². The molecule has 1 aromatic rings. The lowest BCUT2D eigenvalue weighted by Gasteiger charge is -2.23. The zero-order valence-corrected chi connectivity index (χ0v) is 14.4. The molecule has 0 radical (unpaired) electrons. The average molecular weight is 333 g/mol. The number of rotatable bonds is 5. The quantitative estimate of drug-likeness (QED) is 0.857. The summed E-state index contributed by atoms with van der Waals surface area (Å²) in [5.41, 5.74) is 2.76. The topological polar surface area (TPSA) is 90.0 Å². The number of nitrogens with zero attached hydrogens (tertiary/aromatic N) is 2. The van der Waals surface area contributed by atoms with Crippen LogP contribution in [0.4, 0.5) is 10.5 Å². The van der Waals surface area contributed by atoms with E-state index < -0.39 is 11.9 Å². The molecule has 24 heavy (non-hydrogen) atoms. The molecule has 1 aliphatic rings. The maximum atomic E-state index is 12.2. The Morgan fingerprint density at radius 3 is 2.67 bits per heavy atom. The van der Waals surface area contributed by atoms with E-state index in [1.54, 1.807) is 25.9 Å². The molecule has 1 heterocycles. The van der Waals surface area contributed by atoms with Crippen molar-refractivity contribution in [3.05, 3.63) is 29.3 Å². The van der Waals surface area contributed by atoms with Crippen LogP contribution in [0.1, 0.15) is 31.0 Å². The van der Waals surface area contributed by atoms with Gasteiger partial charge >= 0.3 is 12.0 Å². The van der Waals surface area contributed by atoms with Crippen molar-refractivity contribution in [1.82, 2.24) is 10.2 Å². The highest BCUT2D eigenvalue weighted by molar-refractivity contribution is 6.00. The first-order chi connectivity index (χ1) is 11.2. The van der Waals surface area contributed by atoms with Gasteiger partial charge in [-0.25, -0.2) is 4.79 Å². The summed E-state index contributed by atoms with van der Waals surface area (Å²) < 4.78 is 0. The molecule has 2 N–H and O–H groups in total. The van der Waals surface area contributed by atoms with Crippen LogP contribution in [0.5, 0.6) is 0 Å². The van der Waals surface area contributed by atoms with Crippen molar-refractivity contribution in [1.29, 1.82) is 0 Å². The summed E-state index contributed by atoms with van der Waals surface area (Å²) in [5, 5.41) is 11.8. The second-order valence-electron chi connectivity index (χ2n) is 6.31. The number of benzene rings is 1. The van der Waals surface area contributed by atoms with Crippen molar-refractivity contribution in [3.63, 3.8) is 0 Å². The molecule has 0 bridgehead atoms. The van der Waals surface area contributed by atoms with Gasteiger partial charge in [0.05, 0.1) is 18.4 Å². The summed E-state index contributed by atoms with van der Waals surface area (Å²) in [6, 6.07) is 5.13. The number of carboxylic acids is 1. The summed E-state index contributed by atoms with van der Waals surface area (Å²) in [6.07, 6.45) is 0.371. The number of carbonyl (C=O) groups is 3. The van der Waals surface area contributed by atoms with Crippen molar-refractivity contribution in [3.8, 4) is 0 Å². The summed E-state index contributed by atoms with van der Waals surface area (Å²) in [6.45, 7) is 3.55. The van der Waals surface area contributed by atoms with Crippen molar-refractivity contribution in [2.24, 2.45) is 5.92 Å². The molecule has 1 aromatic carbocycles. The number of nitrogens with one attached hydrogen (secondary N) is 1. The SMILES string of the molecule is CC(CN(C)C(=O)NC(C)c1ccc2c(c1)CC(=O)N2C)C(=O)O. The van der Waals surface area contributed by atoms with Crippen molar-refractivity contribution in [2.75, 3.05) is 25.5 Å². The summed E-state index contributed by atoms with van der Waals surface area (Å²) in [7, 11) is 3.31. The molecule has 0 fully saturated rings. The molecular weight excluding hydrogens is 310 g/mol. The Balaban J connectivity index is 2.01. The van der Waals surface area contributed by atoms with E-state index in [2.05, 4.69) is 5.32 Å². The predicted octanol–water partition coefficient (Wildman–Crippen LogP) is 1.63. The molecule has 130 valence electrons. The maximum Gasteiger partial charge on any atom is 0.317 e. The van der Waals surface area contributed by atoms with E-state index in [0.29, 0.717) is 6.42 Å². The second-order valence-corrected chi connectivity index (χ2v) is 6.31. The Hall–Kier alpha value is -2.57. The average Bonchev–Trinajstić information content (AvgIpc) is 2.81. The largest absolute Gasteiger partial charge is 0.481 e. The van der Waals surface area contributed by atoms with Gasteiger partial charge in [0.15, 0.2) is 0 Å². The maximum absolute atomic E-state index is 12.2. The van der Waals surface area contributed by atoms with E-state index in [1.165, 1.54) is 4.90 Å². The van der Waals surface area contributed by atoms with Gasteiger partial charge in [0, 0.05) is 26.3 Å². The number of hydrogen-bond donors (Lipinski definition) is 2. The zero-order valence-electron chi connectivity index (χ0n) is 14.4. The fourth-order valence-electron chi connectivity index (χ4n) is 2.71. The number of amides is 3. The lowest BCUT2D eigenvalue weighted by molar-refractivity contribution is -0.141. The number of anilines is 1. The first kappa shape index (κ1) is 17.8. The van der Waals surface area contributed by atoms with Gasteiger partial charge in [0.1, 0.15) is 0 Å². The van der Waals surface area contributed by atoms with Gasteiger partial charge < -0.3 is 20.2 Å². The highest BCUT2D eigenvalue weighted by atomic mass is 16.4. The monoisotopic (exact) mass is 333 g/mol. The molecule has 0 aliphatic carbocycles. The van der Waals surface area contributed by atoms with Gasteiger partial charge in [-0.2, -0.15) is 0 Å². The third-order valence-corrected chi connectivity index (χ3v) is 4.34. The van der Waals surface area contributed by atoms with Gasteiger partial charge in [0.2, 0.25) is 5.91 Å². The Bertz CT molecular complexity index is 674. The fraction of sp³-hybridized carbons (Fsp3) is 0.471. The molecule has 2 atom stereocenters. The van der Waals surface area contributed by atoms with Gasteiger partial charge in [-0.3, -0.25) is 9.59 Å². The van der Waals surface area contributed by atoms with E-state index in [0.717, 1.165) is 16.8 Å². The summed E-state index contributed by atoms with van der Waals surface area (Å²) >= 11 is 0. The van der Waals surface area contributed by atoms with Crippen LogP contribution in [-0.2, 0) is 16.0 Å². The number of carbonyl (C=O) groups excluding carboxylic acids is 2. The smallest absolute Gasteiger partial charge is 0.317 e. The minimum absolute atomic E-state index is 0.0567. The highest BCUT2D eigenvalue weighted by Gasteiger charge is 2.25. The van der Waals surface area contributed by atoms with E-state index in [-0.39, 0.29) is 24.5 Å². The number of urea groups is 1. The number of fused-ring (bicyclic) bond motifs is 1. The Morgan fingerprint density at radius 1 is 1.38 bits per heavy atom. The standard InChI is InChI=1S/C17H23N3O4/c1-10(16(22)23)9-19(3)17(24)18-11(2)12-5-6-14-13(7-12)8-15(21)20(14)4/h5-7,10-11H,8-9H2,1-4H3,(H,18,24)(H,22,23). The predicted molar refractivity (Wildman–Crippen MR) is 89.9 cm³/mol. The highest BCUT2D eigenvalue weighted by Crippen LogP contribution is 2.30. The molecular formula is C17H23N3O4. The van der Waals surface area contributed by atoms with Gasteiger partial charge in [-0.15, -0.1) is 0 Å². The molecule has 0 saturated carbocycles. The number of aliphatic carboxylic acids is 1. The molecule has 0 saturated heterocycles. The summed E-state index contributed by atoms with van der Waals surface area (Å²) in [4.78, 5) is 37.8. The normalized spacial score (nSPS) is 15.7. The van der Waals surface area contributed by atoms with E-state index in [4.69, 9.17) is 5.11 Å². The van der Waals surface area contributed by atoms with Crippen LogP contribution in [0, 0.1) is 5.92 Å². The minimum atomic E-state index is -0.935. The van der Waals surface area contributed by atoms with Gasteiger partial charge in [-0.1, -0.05) is 19.1 Å². The fourth-order valence-corrected chi connectivity index (χ4v) is 2.71. The molecule has 2 rings (SSSR count). The first-order valence-corrected chi connectivity index (χ1v) is 7.84. The Labute approximate surface area is 141 Å². The lowest BCUT2D eigenvalue weighted by Crippen LogP contribution is -2.41. The zero-order chi connectivity index (χ0) is 18.0. The molecule has 7 heteroatoms. The molecule has 1 aliphatic heterocycles. The third-order valence-electron chi connectivity index (χ3n) is 4.34. The van der Waals surface area contributed by atoms with Crippen molar-refractivity contribution in [2.45, 2.75) is 26.3 Å². The Morgan fingerprint density at radius 2 is 2.04 bits per heavy atom. The molecule has 2 unspecified atom stereocenters. The van der Waals surface area contributed by atoms with Crippen molar-refractivity contribution < 1.29 is 19.5 Å². The minimum Gasteiger partial charge on any atom is -0.481 e. The van der Waals surface area contributed by atoms with Crippen LogP contribution in [-0.4, -0.2) is 48.6 Å². The van der Waals surface area contributed by atoms with Gasteiger partial charge in [-0.05, 0) is 24.1 Å². The van der Waals surface area contributed by atoms with Gasteiger partial charge in [0.25, 0.3) is 0 Å². The van der Waals surface area contributed by atoms with Crippen LogP contribution in [0.25, 0.3) is 0 Å².